The Bertz CT molecular complexity index is 564. The summed E-state index contributed by atoms with van der Waals surface area (Å²) in [6.45, 7) is 0. The van der Waals surface area contributed by atoms with Gasteiger partial charge in [0.15, 0.2) is 0 Å². The van der Waals surface area contributed by atoms with Crippen molar-refractivity contribution in [3.05, 3.63) is 70.2 Å². The lowest BCUT2D eigenvalue weighted by Crippen LogP contribution is -2.07. The van der Waals surface area contributed by atoms with Crippen LogP contribution in [-0.2, 0) is 0 Å². The van der Waals surface area contributed by atoms with E-state index in [1.807, 2.05) is 0 Å². The molecule has 0 amide bonds. The molecule has 1 atom stereocenters. The van der Waals surface area contributed by atoms with Crippen molar-refractivity contribution in [1.82, 2.24) is 0 Å². The molecule has 0 spiro atoms. The van der Waals surface area contributed by atoms with Gasteiger partial charge in [-0.3, -0.25) is 0 Å². The van der Waals surface area contributed by atoms with Crippen LogP contribution in [-0.4, -0.2) is 16.2 Å². The van der Waals surface area contributed by atoms with Crippen LogP contribution in [0.3, 0.4) is 0 Å². The summed E-state index contributed by atoms with van der Waals surface area (Å²) in [6.07, 6.45) is -0.977. The first-order valence-corrected chi connectivity index (χ1v) is 5.73. The summed E-state index contributed by atoms with van der Waals surface area (Å²) in [5.74, 6) is -1.06. The van der Waals surface area contributed by atoms with Gasteiger partial charge in [-0.15, -0.1) is 0 Å². The highest BCUT2D eigenvalue weighted by molar-refractivity contribution is 6.30. The van der Waals surface area contributed by atoms with Crippen molar-refractivity contribution in [1.29, 1.82) is 0 Å². The summed E-state index contributed by atoms with van der Waals surface area (Å²) in [5, 5.41) is 19.8. The number of aliphatic hydroxyl groups is 1. The van der Waals surface area contributed by atoms with Gasteiger partial charge in [-0.2, -0.15) is 0 Å². The number of rotatable bonds is 3. The molecule has 0 saturated heterocycles. The van der Waals surface area contributed by atoms with E-state index in [1.54, 1.807) is 42.5 Å². The molecule has 0 aliphatic heterocycles. The Balaban J connectivity index is 2.42. The third-order valence-corrected chi connectivity index (χ3v) is 2.92. The first-order valence-electron chi connectivity index (χ1n) is 5.35. The Kier molecular flexibility index (Phi) is 3.65. The molecular formula is C14H11ClO3. The number of carboxylic acids is 1. The minimum atomic E-state index is -1.06. The third-order valence-electron chi connectivity index (χ3n) is 2.67. The number of halogens is 1. The van der Waals surface area contributed by atoms with E-state index in [9.17, 15) is 9.90 Å². The summed E-state index contributed by atoms with van der Waals surface area (Å²) in [6, 6.07) is 13.0. The van der Waals surface area contributed by atoms with E-state index >= 15 is 0 Å². The minimum Gasteiger partial charge on any atom is -0.478 e. The van der Waals surface area contributed by atoms with Crippen molar-refractivity contribution < 1.29 is 15.0 Å². The summed E-state index contributed by atoms with van der Waals surface area (Å²) in [7, 11) is 0. The first-order chi connectivity index (χ1) is 8.59. The molecule has 0 aliphatic carbocycles. The highest BCUT2D eigenvalue weighted by Crippen LogP contribution is 2.26. The molecule has 0 aromatic heterocycles. The van der Waals surface area contributed by atoms with Crippen molar-refractivity contribution in [2.75, 3.05) is 0 Å². The van der Waals surface area contributed by atoms with E-state index in [0.717, 1.165) is 0 Å². The Morgan fingerprint density at radius 1 is 1.06 bits per heavy atom. The highest BCUT2D eigenvalue weighted by Gasteiger charge is 2.17. The van der Waals surface area contributed by atoms with E-state index in [0.29, 0.717) is 16.1 Å². The molecule has 0 bridgehead atoms. The van der Waals surface area contributed by atoms with Crippen LogP contribution in [0.25, 0.3) is 0 Å². The van der Waals surface area contributed by atoms with Crippen LogP contribution < -0.4 is 0 Å². The van der Waals surface area contributed by atoms with Gasteiger partial charge in [0.1, 0.15) is 6.10 Å². The summed E-state index contributed by atoms with van der Waals surface area (Å²) in [5.41, 5.74) is 1.07. The fourth-order valence-corrected chi connectivity index (χ4v) is 1.88. The fourth-order valence-electron chi connectivity index (χ4n) is 1.75. The Morgan fingerprint density at radius 2 is 1.67 bits per heavy atom. The van der Waals surface area contributed by atoms with Crippen LogP contribution in [0.4, 0.5) is 0 Å². The molecule has 2 aromatic rings. The maximum atomic E-state index is 11.1. The quantitative estimate of drug-likeness (QED) is 0.894. The Hall–Kier alpha value is -1.84. The molecule has 3 nitrogen and oxygen atoms in total. The second kappa shape index (κ2) is 5.21. The molecule has 18 heavy (non-hydrogen) atoms. The molecule has 2 rings (SSSR count). The molecule has 92 valence electrons. The molecule has 0 fully saturated rings. The van der Waals surface area contributed by atoms with Gasteiger partial charge in [0.25, 0.3) is 0 Å². The molecule has 2 N–H and O–H groups in total. The van der Waals surface area contributed by atoms with E-state index < -0.39 is 12.1 Å². The molecule has 0 saturated carbocycles. The molecule has 1 unspecified atom stereocenters. The molecule has 2 aromatic carbocycles. The second-order valence-corrected chi connectivity index (χ2v) is 4.28. The zero-order valence-electron chi connectivity index (χ0n) is 9.38. The SMILES string of the molecule is O=C(O)c1ccccc1C(O)c1ccc(Cl)cc1. The summed E-state index contributed by atoms with van der Waals surface area (Å²) < 4.78 is 0. The van der Waals surface area contributed by atoms with Gasteiger partial charge < -0.3 is 10.2 Å². The predicted octanol–water partition coefficient (Wildman–Crippen LogP) is 3.12. The van der Waals surface area contributed by atoms with E-state index in [1.165, 1.54) is 6.07 Å². The smallest absolute Gasteiger partial charge is 0.336 e. The lowest BCUT2D eigenvalue weighted by molar-refractivity contribution is 0.0691. The number of benzene rings is 2. The molecule has 0 aliphatic rings. The van der Waals surface area contributed by atoms with Crippen LogP contribution in [0, 0.1) is 0 Å². The van der Waals surface area contributed by atoms with Gasteiger partial charge in [0, 0.05) is 5.02 Å². The van der Waals surface area contributed by atoms with Crippen LogP contribution in [0.2, 0.25) is 5.02 Å². The van der Waals surface area contributed by atoms with Crippen molar-refractivity contribution in [2.24, 2.45) is 0 Å². The topological polar surface area (TPSA) is 57.5 Å². The Morgan fingerprint density at radius 3 is 2.28 bits per heavy atom. The maximum Gasteiger partial charge on any atom is 0.336 e. The van der Waals surface area contributed by atoms with Gasteiger partial charge in [0.2, 0.25) is 0 Å². The fraction of sp³-hybridized carbons (Fsp3) is 0.0714. The summed E-state index contributed by atoms with van der Waals surface area (Å²) in [4.78, 5) is 11.1. The van der Waals surface area contributed by atoms with Gasteiger partial charge >= 0.3 is 5.97 Å². The zero-order chi connectivity index (χ0) is 13.1. The van der Waals surface area contributed by atoms with Crippen molar-refractivity contribution in [3.8, 4) is 0 Å². The molecule has 0 radical (unpaired) electrons. The van der Waals surface area contributed by atoms with E-state index in [-0.39, 0.29) is 5.56 Å². The highest BCUT2D eigenvalue weighted by atomic mass is 35.5. The van der Waals surface area contributed by atoms with Crippen LogP contribution in [0.5, 0.6) is 0 Å². The average Bonchev–Trinajstić information content (AvgIpc) is 2.39. The van der Waals surface area contributed by atoms with Gasteiger partial charge in [0.05, 0.1) is 5.56 Å². The number of aliphatic hydroxyl groups excluding tert-OH is 1. The van der Waals surface area contributed by atoms with Crippen LogP contribution >= 0.6 is 11.6 Å². The number of hydrogen-bond acceptors (Lipinski definition) is 2. The van der Waals surface area contributed by atoms with Gasteiger partial charge in [-0.25, -0.2) is 4.79 Å². The predicted molar refractivity (Wildman–Crippen MR) is 68.9 cm³/mol. The number of hydrogen-bond donors (Lipinski definition) is 2. The third kappa shape index (κ3) is 2.53. The van der Waals surface area contributed by atoms with Crippen molar-refractivity contribution in [3.63, 3.8) is 0 Å². The summed E-state index contributed by atoms with van der Waals surface area (Å²) >= 11 is 5.77. The van der Waals surface area contributed by atoms with Crippen LogP contribution in [0.1, 0.15) is 27.6 Å². The van der Waals surface area contributed by atoms with E-state index in [4.69, 9.17) is 16.7 Å². The van der Waals surface area contributed by atoms with Crippen molar-refractivity contribution in [2.45, 2.75) is 6.10 Å². The minimum absolute atomic E-state index is 0.0972. The van der Waals surface area contributed by atoms with E-state index in [2.05, 4.69) is 0 Å². The lowest BCUT2D eigenvalue weighted by Gasteiger charge is -2.14. The standard InChI is InChI=1S/C14H11ClO3/c15-10-7-5-9(6-8-10)13(16)11-3-1-2-4-12(11)14(17)18/h1-8,13,16H,(H,17,18). The molecule has 4 heteroatoms. The number of carboxylic acid groups (broad SMARTS) is 1. The number of carbonyl (C=O) groups is 1. The molecular weight excluding hydrogens is 252 g/mol. The van der Waals surface area contributed by atoms with Gasteiger partial charge in [-0.05, 0) is 29.3 Å². The second-order valence-electron chi connectivity index (χ2n) is 3.85. The zero-order valence-corrected chi connectivity index (χ0v) is 10.1. The van der Waals surface area contributed by atoms with Crippen molar-refractivity contribution >= 4 is 17.6 Å². The molecule has 0 heterocycles. The largest absolute Gasteiger partial charge is 0.478 e. The maximum absolute atomic E-state index is 11.1. The average molecular weight is 263 g/mol. The Labute approximate surface area is 109 Å². The van der Waals surface area contributed by atoms with Gasteiger partial charge in [-0.1, -0.05) is 41.9 Å². The monoisotopic (exact) mass is 262 g/mol. The normalized spacial score (nSPS) is 12.1. The first kappa shape index (κ1) is 12.6. The number of aromatic carboxylic acids is 1. The van der Waals surface area contributed by atoms with Crippen LogP contribution in [0.15, 0.2) is 48.5 Å². The lowest BCUT2D eigenvalue weighted by atomic mass is 9.97.